The van der Waals surface area contributed by atoms with Crippen LogP contribution in [-0.2, 0) is 22.7 Å². The Kier molecular flexibility index (Phi) is 6.08. The van der Waals surface area contributed by atoms with Crippen LogP contribution in [0.1, 0.15) is 47.0 Å². The first kappa shape index (κ1) is 22.1. The van der Waals surface area contributed by atoms with E-state index in [-0.39, 0.29) is 42.7 Å². The number of para-hydroxylation sites is 2. The second-order valence-electron chi connectivity index (χ2n) is 8.65. The van der Waals surface area contributed by atoms with Gasteiger partial charge < -0.3 is 9.80 Å². The predicted octanol–water partition coefficient (Wildman–Crippen LogP) is 2.11. The highest BCUT2D eigenvalue weighted by atomic mass is 16.2. The maximum absolute atomic E-state index is 13.3. The van der Waals surface area contributed by atoms with Crippen LogP contribution in [-0.4, -0.2) is 65.5 Å². The number of piperidine rings is 1. The maximum Gasteiger partial charge on any atom is 0.352 e. The van der Waals surface area contributed by atoms with Crippen LogP contribution in [0.5, 0.6) is 0 Å². The summed E-state index contributed by atoms with van der Waals surface area (Å²) in [5.41, 5.74) is 1.09. The molecule has 172 valence electrons. The Morgan fingerprint density at radius 3 is 2.28 bits per heavy atom. The summed E-state index contributed by atoms with van der Waals surface area (Å²) in [7, 11) is 0. The molecule has 2 aromatic heterocycles. The molecule has 0 spiro atoms. The van der Waals surface area contributed by atoms with E-state index in [1.807, 2.05) is 43.0 Å². The van der Waals surface area contributed by atoms with E-state index < -0.39 is 0 Å². The normalized spacial score (nSPS) is 19.1. The zero-order valence-electron chi connectivity index (χ0n) is 19.3. The van der Waals surface area contributed by atoms with Crippen molar-refractivity contribution in [2.45, 2.75) is 72.1 Å². The van der Waals surface area contributed by atoms with Crippen molar-refractivity contribution in [3.05, 3.63) is 34.7 Å². The van der Waals surface area contributed by atoms with Gasteiger partial charge in [-0.15, -0.1) is 5.10 Å². The minimum absolute atomic E-state index is 0.0224. The fourth-order valence-corrected chi connectivity index (χ4v) is 4.96. The van der Waals surface area contributed by atoms with Crippen LogP contribution in [0.2, 0.25) is 0 Å². The van der Waals surface area contributed by atoms with Gasteiger partial charge in [0.1, 0.15) is 13.1 Å². The van der Waals surface area contributed by atoms with Gasteiger partial charge >= 0.3 is 5.69 Å². The first-order chi connectivity index (χ1) is 15.4. The molecule has 0 unspecified atom stereocenters. The topological polar surface area (TPSA) is 84.8 Å². The zero-order chi connectivity index (χ0) is 23.0. The van der Waals surface area contributed by atoms with E-state index in [9.17, 15) is 14.4 Å². The number of likely N-dealkylation sites (tertiary alicyclic amines) is 1. The average Bonchev–Trinajstić information content (AvgIpc) is 3.24. The minimum Gasteiger partial charge on any atom is -0.342 e. The number of aromatic nitrogens is 4. The molecule has 2 amide bonds. The number of hydrogen-bond donors (Lipinski definition) is 0. The molecule has 0 bridgehead atoms. The van der Waals surface area contributed by atoms with E-state index in [1.165, 1.54) is 9.08 Å². The molecule has 1 aromatic carbocycles. The highest BCUT2D eigenvalue weighted by Crippen LogP contribution is 2.24. The molecule has 1 aliphatic rings. The van der Waals surface area contributed by atoms with Crippen LogP contribution >= 0.6 is 0 Å². The molecule has 2 atom stereocenters. The van der Waals surface area contributed by atoms with Gasteiger partial charge in [-0.3, -0.25) is 14.2 Å². The third-order valence-corrected chi connectivity index (χ3v) is 6.65. The number of hydrogen-bond acceptors (Lipinski definition) is 4. The number of carbonyl (C=O) groups is 2. The Balaban J connectivity index is 1.75. The summed E-state index contributed by atoms with van der Waals surface area (Å²) in [5, 5.41) is 4.49. The molecule has 0 aliphatic carbocycles. The molecule has 1 fully saturated rings. The van der Waals surface area contributed by atoms with Gasteiger partial charge in [-0.2, -0.15) is 0 Å². The molecule has 0 saturated carbocycles. The quantitative estimate of drug-likeness (QED) is 0.588. The van der Waals surface area contributed by atoms with Gasteiger partial charge in [0, 0.05) is 25.2 Å². The van der Waals surface area contributed by atoms with Gasteiger partial charge in [-0.1, -0.05) is 12.1 Å². The summed E-state index contributed by atoms with van der Waals surface area (Å²) in [5.74, 6) is 0.254. The molecule has 9 heteroatoms. The molecular weight excluding hydrogens is 408 g/mol. The number of amides is 2. The number of nitrogens with zero attached hydrogens (tertiary/aromatic N) is 6. The monoisotopic (exact) mass is 440 g/mol. The fraction of sp³-hybridized carbons (Fsp3) is 0.565. The summed E-state index contributed by atoms with van der Waals surface area (Å²) in [6.07, 6.45) is 3.13. The number of carbonyl (C=O) groups excluding carboxylic acids is 2. The Labute approximate surface area is 187 Å². The van der Waals surface area contributed by atoms with E-state index in [0.29, 0.717) is 24.4 Å². The van der Waals surface area contributed by atoms with Gasteiger partial charge in [0.15, 0.2) is 0 Å². The maximum atomic E-state index is 13.3. The zero-order valence-corrected chi connectivity index (χ0v) is 19.3. The van der Waals surface area contributed by atoms with Crippen molar-refractivity contribution in [1.82, 2.24) is 28.5 Å². The highest BCUT2D eigenvalue weighted by Gasteiger charge is 2.30. The van der Waals surface area contributed by atoms with Crippen molar-refractivity contribution in [1.29, 1.82) is 0 Å². The summed E-state index contributed by atoms with van der Waals surface area (Å²) in [6, 6.07) is 7.86. The number of likely N-dealkylation sites (N-methyl/N-ethyl adjacent to an activating group) is 1. The predicted molar refractivity (Wildman–Crippen MR) is 122 cm³/mol. The van der Waals surface area contributed by atoms with Crippen LogP contribution in [0, 0.1) is 0 Å². The Morgan fingerprint density at radius 2 is 1.66 bits per heavy atom. The SMILES string of the molecule is CCN(CC)C(=O)Cn1nc2n(CC(=O)N3[C@H](C)CCC[C@H]3C)c3ccccc3n2c1=O. The van der Waals surface area contributed by atoms with Crippen LogP contribution in [0.3, 0.4) is 0 Å². The van der Waals surface area contributed by atoms with Gasteiger partial charge in [0.2, 0.25) is 17.6 Å². The molecule has 0 radical (unpaired) electrons. The molecule has 32 heavy (non-hydrogen) atoms. The third-order valence-electron chi connectivity index (χ3n) is 6.65. The van der Waals surface area contributed by atoms with Crippen LogP contribution in [0.4, 0.5) is 0 Å². The second-order valence-corrected chi connectivity index (χ2v) is 8.65. The summed E-state index contributed by atoms with van der Waals surface area (Å²) in [4.78, 5) is 42.7. The second kappa shape index (κ2) is 8.80. The van der Waals surface area contributed by atoms with E-state index in [4.69, 9.17) is 0 Å². The van der Waals surface area contributed by atoms with Crippen molar-refractivity contribution in [2.24, 2.45) is 0 Å². The lowest BCUT2D eigenvalue weighted by molar-refractivity contribution is -0.137. The Morgan fingerprint density at radius 1 is 1.03 bits per heavy atom. The molecule has 3 aromatic rings. The number of rotatable bonds is 6. The van der Waals surface area contributed by atoms with Crippen LogP contribution in [0.15, 0.2) is 29.1 Å². The lowest BCUT2D eigenvalue weighted by Gasteiger charge is -2.39. The Hall–Kier alpha value is -3.10. The van der Waals surface area contributed by atoms with E-state index in [0.717, 1.165) is 24.8 Å². The molecule has 3 heterocycles. The average molecular weight is 441 g/mol. The van der Waals surface area contributed by atoms with Gasteiger partial charge in [-0.05, 0) is 59.1 Å². The number of imidazole rings is 1. The van der Waals surface area contributed by atoms with Crippen molar-refractivity contribution in [3.8, 4) is 0 Å². The minimum atomic E-state index is -0.373. The summed E-state index contributed by atoms with van der Waals surface area (Å²) >= 11 is 0. The summed E-state index contributed by atoms with van der Waals surface area (Å²) in [6.45, 7) is 9.13. The first-order valence-corrected chi connectivity index (χ1v) is 11.5. The molecular formula is C23H32N6O3. The molecule has 1 aliphatic heterocycles. The van der Waals surface area contributed by atoms with Crippen LogP contribution in [0.25, 0.3) is 16.8 Å². The van der Waals surface area contributed by atoms with Gasteiger partial charge in [0.25, 0.3) is 0 Å². The van der Waals surface area contributed by atoms with E-state index in [1.54, 1.807) is 9.47 Å². The first-order valence-electron chi connectivity index (χ1n) is 11.5. The standard InChI is InChI=1S/C23H32N6O3/c1-5-25(6-2)20(30)15-27-23(32)29-19-13-8-7-12-18(19)26(22(29)24-27)14-21(31)28-16(3)10-9-11-17(28)4/h7-8,12-13,16-17H,5-6,9-11,14-15H2,1-4H3/t16-,17-/m1/s1. The largest absolute Gasteiger partial charge is 0.352 e. The molecule has 9 nitrogen and oxygen atoms in total. The molecule has 4 rings (SSSR count). The van der Waals surface area contributed by atoms with E-state index >= 15 is 0 Å². The van der Waals surface area contributed by atoms with E-state index in [2.05, 4.69) is 18.9 Å². The summed E-state index contributed by atoms with van der Waals surface area (Å²) < 4.78 is 4.50. The van der Waals surface area contributed by atoms with Gasteiger partial charge in [0.05, 0.1) is 11.0 Å². The highest BCUT2D eigenvalue weighted by molar-refractivity contribution is 5.85. The fourth-order valence-electron chi connectivity index (χ4n) is 4.96. The molecule has 1 saturated heterocycles. The van der Waals surface area contributed by atoms with Crippen molar-refractivity contribution >= 4 is 28.6 Å². The number of benzene rings is 1. The lowest BCUT2D eigenvalue weighted by Crippen LogP contribution is -2.48. The van der Waals surface area contributed by atoms with Crippen LogP contribution < -0.4 is 5.69 Å². The smallest absolute Gasteiger partial charge is 0.342 e. The lowest BCUT2D eigenvalue weighted by atomic mass is 9.97. The van der Waals surface area contributed by atoms with Crippen molar-refractivity contribution < 1.29 is 9.59 Å². The molecule has 0 N–H and O–H groups in total. The van der Waals surface area contributed by atoms with Crippen molar-refractivity contribution in [3.63, 3.8) is 0 Å². The third kappa shape index (κ3) is 3.69. The van der Waals surface area contributed by atoms with Crippen molar-refractivity contribution in [2.75, 3.05) is 13.1 Å². The van der Waals surface area contributed by atoms with Gasteiger partial charge in [-0.25, -0.2) is 13.9 Å². The number of fused-ring (bicyclic) bond motifs is 3. The Bertz CT molecular complexity index is 1190.